The number of sulfone groups is 1. The van der Waals surface area contributed by atoms with E-state index in [1.54, 1.807) is 12.1 Å². The summed E-state index contributed by atoms with van der Waals surface area (Å²) in [5.41, 5.74) is 6.64. The first-order valence-corrected chi connectivity index (χ1v) is 6.63. The minimum atomic E-state index is -3.17. The average molecular weight is 243 g/mol. The Morgan fingerprint density at radius 3 is 2.31 bits per heavy atom. The van der Waals surface area contributed by atoms with E-state index in [2.05, 4.69) is 0 Å². The van der Waals surface area contributed by atoms with E-state index in [-0.39, 0.29) is 11.4 Å². The van der Waals surface area contributed by atoms with Crippen molar-refractivity contribution in [3.05, 3.63) is 41.7 Å². The highest BCUT2D eigenvalue weighted by Crippen LogP contribution is 2.13. The van der Waals surface area contributed by atoms with Gasteiger partial charge in [0.2, 0.25) is 0 Å². The highest BCUT2D eigenvalue weighted by atomic mass is 32.2. The maximum Gasteiger partial charge on any atom is 0.175 e. The van der Waals surface area contributed by atoms with Crippen LogP contribution in [0.2, 0.25) is 0 Å². The fourth-order valence-corrected chi connectivity index (χ4v) is 1.90. The molecule has 0 bridgehead atoms. The fourth-order valence-electron chi connectivity index (χ4n) is 1.27. The summed E-state index contributed by atoms with van der Waals surface area (Å²) in [4.78, 5) is 0.259. The number of hydrogen-bond acceptors (Lipinski definition) is 3. The normalized spacial score (nSPS) is 12.8. The molecule has 0 aliphatic carbocycles. The lowest BCUT2D eigenvalue weighted by Crippen LogP contribution is -2.05. The average Bonchev–Trinajstić information content (AvgIpc) is 2.25. The maximum absolute atomic E-state index is 12.3. The van der Waals surface area contributed by atoms with Gasteiger partial charge in [0.05, 0.1) is 11.2 Å². The second-order valence-electron chi connectivity index (χ2n) is 3.56. The molecule has 88 valence electrons. The van der Waals surface area contributed by atoms with Crippen LogP contribution in [-0.2, 0) is 16.3 Å². The second kappa shape index (κ2) is 5.23. The molecule has 0 aliphatic rings. The molecule has 0 aromatic heterocycles. The predicted molar refractivity (Wildman–Crippen MR) is 61.5 cm³/mol. The molecule has 0 saturated carbocycles. The SMILES string of the molecule is CS(=O)(=O)c1ccc(C/C(=C/F)CN)cc1. The van der Waals surface area contributed by atoms with Crippen molar-refractivity contribution >= 4 is 9.84 Å². The molecule has 0 spiro atoms. The van der Waals surface area contributed by atoms with E-state index in [1.165, 1.54) is 12.1 Å². The molecule has 1 aromatic carbocycles. The van der Waals surface area contributed by atoms with Gasteiger partial charge in [-0.2, -0.15) is 0 Å². The van der Waals surface area contributed by atoms with E-state index in [1.807, 2.05) is 0 Å². The van der Waals surface area contributed by atoms with Gasteiger partial charge in [0.25, 0.3) is 0 Å². The van der Waals surface area contributed by atoms with Crippen LogP contribution < -0.4 is 5.73 Å². The van der Waals surface area contributed by atoms with E-state index in [0.29, 0.717) is 18.3 Å². The second-order valence-corrected chi connectivity index (χ2v) is 5.58. The monoisotopic (exact) mass is 243 g/mol. The van der Waals surface area contributed by atoms with Crippen LogP contribution in [-0.4, -0.2) is 21.2 Å². The topological polar surface area (TPSA) is 60.2 Å². The van der Waals surface area contributed by atoms with Gasteiger partial charge < -0.3 is 5.73 Å². The van der Waals surface area contributed by atoms with Crippen LogP contribution in [0, 0.1) is 0 Å². The summed E-state index contributed by atoms with van der Waals surface area (Å²) in [6.45, 7) is 0.157. The van der Waals surface area contributed by atoms with Crippen molar-refractivity contribution in [3.63, 3.8) is 0 Å². The Morgan fingerprint density at radius 2 is 1.94 bits per heavy atom. The van der Waals surface area contributed by atoms with E-state index >= 15 is 0 Å². The van der Waals surface area contributed by atoms with Crippen LogP contribution >= 0.6 is 0 Å². The Balaban J connectivity index is 2.88. The van der Waals surface area contributed by atoms with Crippen LogP contribution in [0.3, 0.4) is 0 Å². The molecule has 0 atom stereocenters. The van der Waals surface area contributed by atoms with Gasteiger partial charge in [-0.1, -0.05) is 12.1 Å². The van der Waals surface area contributed by atoms with Gasteiger partial charge in [-0.3, -0.25) is 0 Å². The first-order chi connectivity index (χ1) is 7.47. The Labute approximate surface area is 94.7 Å². The van der Waals surface area contributed by atoms with Gasteiger partial charge in [-0.25, -0.2) is 12.8 Å². The molecule has 3 nitrogen and oxygen atoms in total. The molecule has 0 saturated heterocycles. The zero-order valence-corrected chi connectivity index (χ0v) is 9.80. The lowest BCUT2D eigenvalue weighted by molar-refractivity contribution is 0.602. The fraction of sp³-hybridized carbons (Fsp3) is 0.273. The third-order valence-electron chi connectivity index (χ3n) is 2.20. The minimum Gasteiger partial charge on any atom is -0.327 e. The molecule has 0 radical (unpaired) electrons. The van der Waals surface area contributed by atoms with Crippen LogP contribution in [0.5, 0.6) is 0 Å². The van der Waals surface area contributed by atoms with Crippen molar-refractivity contribution in [2.24, 2.45) is 5.73 Å². The van der Waals surface area contributed by atoms with E-state index in [0.717, 1.165) is 11.8 Å². The Morgan fingerprint density at radius 1 is 1.38 bits per heavy atom. The number of hydrogen-bond donors (Lipinski definition) is 1. The lowest BCUT2D eigenvalue weighted by atomic mass is 10.1. The predicted octanol–water partition coefficient (Wildman–Crippen LogP) is 1.44. The summed E-state index contributed by atoms with van der Waals surface area (Å²) in [5, 5.41) is 0. The zero-order valence-electron chi connectivity index (χ0n) is 8.98. The molecule has 0 unspecified atom stereocenters. The first-order valence-electron chi connectivity index (χ1n) is 4.74. The van der Waals surface area contributed by atoms with Crippen molar-refractivity contribution in [1.29, 1.82) is 0 Å². The summed E-state index contributed by atoms with van der Waals surface area (Å²) in [5.74, 6) is 0. The molecular weight excluding hydrogens is 229 g/mol. The number of benzene rings is 1. The molecule has 1 aromatic rings. The summed E-state index contributed by atoms with van der Waals surface area (Å²) in [6, 6.07) is 6.35. The third kappa shape index (κ3) is 3.43. The molecule has 0 heterocycles. The van der Waals surface area contributed by atoms with Crippen LogP contribution in [0.25, 0.3) is 0 Å². The summed E-state index contributed by atoms with van der Waals surface area (Å²) < 4.78 is 34.6. The molecule has 5 heteroatoms. The summed E-state index contributed by atoms with van der Waals surface area (Å²) >= 11 is 0. The largest absolute Gasteiger partial charge is 0.327 e. The Kier molecular flexibility index (Phi) is 4.20. The highest BCUT2D eigenvalue weighted by Gasteiger charge is 2.06. The van der Waals surface area contributed by atoms with Gasteiger partial charge in [0, 0.05) is 12.8 Å². The Hall–Kier alpha value is -1.20. The molecule has 0 amide bonds. The van der Waals surface area contributed by atoms with Crippen LogP contribution in [0.1, 0.15) is 5.56 Å². The van der Waals surface area contributed by atoms with Gasteiger partial charge >= 0.3 is 0 Å². The van der Waals surface area contributed by atoms with Crippen molar-refractivity contribution in [2.75, 3.05) is 12.8 Å². The summed E-state index contributed by atoms with van der Waals surface area (Å²) in [7, 11) is -3.17. The molecular formula is C11H14FNO2S. The quantitative estimate of drug-likeness (QED) is 0.870. The van der Waals surface area contributed by atoms with Crippen molar-refractivity contribution in [2.45, 2.75) is 11.3 Å². The van der Waals surface area contributed by atoms with E-state index in [9.17, 15) is 12.8 Å². The number of rotatable bonds is 4. The molecule has 16 heavy (non-hydrogen) atoms. The summed E-state index contributed by atoms with van der Waals surface area (Å²) in [6.07, 6.45) is 2.04. The maximum atomic E-state index is 12.3. The van der Waals surface area contributed by atoms with E-state index in [4.69, 9.17) is 5.73 Å². The molecule has 0 fully saturated rings. The van der Waals surface area contributed by atoms with Gasteiger partial charge in [-0.15, -0.1) is 0 Å². The smallest absolute Gasteiger partial charge is 0.175 e. The van der Waals surface area contributed by atoms with Gasteiger partial charge in [-0.05, 0) is 29.7 Å². The molecule has 0 aliphatic heterocycles. The Bertz CT molecular complexity index is 477. The molecule has 2 N–H and O–H groups in total. The van der Waals surface area contributed by atoms with Gasteiger partial charge in [0.1, 0.15) is 0 Å². The first kappa shape index (κ1) is 12.9. The van der Waals surface area contributed by atoms with E-state index < -0.39 is 9.84 Å². The number of halogens is 1. The zero-order chi connectivity index (χ0) is 12.2. The minimum absolute atomic E-state index is 0.157. The standard InChI is InChI=1S/C11H14FNO2S/c1-16(14,15)11-4-2-9(3-5-11)6-10(7-12)8-13/h2-5,7H,6,8,13H2,1H3/b10-7-. The highest BCUT2D eigenvalue weighted by molar-refractivity contribution is 7.90. The van der Waals surface area contributed by atoms with Crippen molar-refractivity contribution < 1.29 is 12.8 Å². The van der Waals surface area contributed by atoms with Crippen molar-refractivity contribution in [1.82, 2.24) is 0 Å². The number of nitrogens with two attached hydrogens (primary N) is 1. The molecule has 1 rings (SSSR count). The van der Waals surface area contributed by atoms with Crippen molar-refractivity contribution in [3.8, 4) is 0 Å². The third-order valence-corrected chi connectivity index (χ3v) is 3.33. The lowest BCUT2D eigenvalue weighted by Gasteiger charge is -2.04. The van der Waals surface area contributed by atoms with Gasteiger partial charge in [0.15, 0.2) is 9.84 Å². The van der Waals surface area contributed by atoms with Crippen LogP contribution in [0.4, 0.5) is 4.39 Å². The van der Waals surface area contributed by atoms with Crippen LogP contribution in [0.15, 0.2) is 41.1 Å².